The van der Waals surface area contributed by atoms with Crippen LogP contribution >= 0.6 is 23.2 Å². The highest BCUT2D eigenvalue weighted by Gasteiger charge is 2.69. The van der Waals surface area contributed by atoms with Crippen LogP contribution < -0.4 is 0 Å². The molecule has 0 radical (unpaired) electrons. The van der Waals surface area contributed by atoms with Gasteiger partial charge in [0.2, 0.25) is 5.60 Å². The molecule has 0 saturated heterocycles. The molecule has 0 saturated carbocycles. The molecule has 0 fully saturated rings. The van der Waals surface area contributed by atoms with Crippen molar-refractivity contribution in [3.8, 4) is 0 Å². The third-order valence-electron chi connectivity index (χ3n) is 3.81. The van der Waals surface area contributed by atoms with Crippen molar-refractivity contribution < 1.29 is 18.0 Å². The Bertz CT molecular complexity index is 512. The second-order valence-corrected chi connectivity index (χ2v) is 6.18. The summed E-state index contributed by atoms with van der Waals surface area (Å²) in [7, 11) is 0. The Balaban J connectivity index is 2.49. The van der Waals surface area contributed by atoms with E-state index in [2.05, 4.69) is 5.16 Å². The molecule has 2 nitrogen and oxygen atoms in total. The van der Waals surface area contributed by atoms with Gasteiger partial charge in [0, 0.05) is 22.7 Å². The monoisotopic (exact) mass is 327 g/mol. The summed E-state index contributed by atoms with van der Waals surface area (Å²) in [6.45, 7) is 3.00. The van der Waals surface area contributed by atoms with Crippen LogP contribution in [0.4, 0.5) is 13.2 Å². The lowest BCUT2D eigenvalue weighted by atomic mass is 9.65. The van der Waals surface area contributed by atoms with Gasteiger partial charge < -0.3 is 4.84 Å². The first-order chi connectivity index (χ1) is 9.13. The van der Waals surface area contributed by atoms with Crippen LogP contribution in [-0.2, 0) is 4.84 Å². The molecular weight excluding hydrogens is 314 g/mol. The van der Waals surface area contributed by atoms with Gasteiger partial charge in [-0.15, -0.1) is 11.6 Å². The van der Waals surface area contributed by atoms with Gasteiger partial charge in [-0.05, 0) is 19.4 Å². The highest BCUT2D eigenvalue weighted by atomic mass is 35.5. The zero-order chi connectivity index (χ0) is 15.2. The number of nitrogens with zero attached hydrogens (tertiary/aromatic N) is 1. The molecule has 1 aliphatic heterocycles. The molecule has 0 bridgehead atoms. The number of oxime groups is 1. The molecule has 0 spiro atoms. The van der Waals surface area contributed by atoms with E-state index >= 15 is 0 Å². The minimum Gasteiger partial charge on any atom is -0.378 e. The number of halogens is 5. The van der Waals surface area contributed by atoms with Crippen LogP contribution in [-0.4, -0.2) is 23.4 Å². The summed E-state index contributed by atoms with van der Waals surface area (Å²) in [5.74, 6) is 0.132. The standard InChI is InChI=1S/C13H14Cl2F3NO/c1-8-4-12(20-19-8,13(16,17)18)11(2)5-9(7-14)3-10(15)6-11/h3,6H,4-5,7H2,1-2H3/t11-,12?/m1/s1. The molecule has 0 aromatic carbocycles. The molecule has 7 heteroatoms. The number of alkyl halides is 4. The molecule has 2 rings (SSSR count). The molecule has 2 aliphatic rings. The smallest absolute Gasteiger partial charge is 0.378 e. The molecular formula is C13H14Cl2F3NO. The van der Waals surface area contributed by atoms with Crippen molar-refractivity contribution in [1.82, 2.24) is 0 Å². The van der Waals surface area contributed by atoms with E-state index in [9.17, 15) is 13.2 Å². The van der Waals surface area contributed by atoms with Crippen LogP contribution in [0.2, 0.25) is 0 Å². The Labute approximate surface area is 125 Å². The van der Waals surface area contributed by atoms with Gasteiger partial charge in [0.05, 0.1) is 5.71 Å². The summed E-state index contributed by atoms with van der Waals surface area (Å²) < 4.78 is 41.0. The number of allylic oxidation sites excluding steroid dienone is 3. The molecule has 112 valence electrons. The van der Waals surface area contributed by atoms with Gasteiger partial charge in [-0.25, -0.2) is 0 Å². The minimum absolute atomic E-state index is 0.132. The van der Waals surface area contributed by atoms with Gasteiger partial charge >= 0.3 is 6.18 Å². The maximum absolute atomic E-state index is 13.7. The minimum atomic E-state index is -4.56. The second kappa shape index (κ2) is 4.95. The summed E-state index contributed by atoms with van der Waals surface area (Å²) >= 11 is 11.7. The molecule has 0 aromatic rings. The first kappa shape index (κ1) is 15.7. The van der Waals surface area contributed by atoms with Gasteiger partial charge in [-0.3, -0.25) is 0 Å². The molecule has 1 heterocycles. The van der Waals surface area contributed by atoms with Crippen molar-refractivity contribution in [1.29, 1.82) is 0 Å². The van der Waals surface area contributed by atoms with Gasteiger partial charge in [0.15, 0.2) is 0 Å². The van der Waals surface area contributed by atoms with Crippen LogP contribution in [0.25, 0.3) is 0 Å². The van der Waals surface area contributed by atoms with Crippen molar-refractivity contribution >= 4 is 28.9 Å². The fraction of sp³-hybridized carbons (Fsp3) is 0.615. The van der Waals surface area contributed by atoms with Crippen molar-refractivity contribution in [2.24, 2.45) is 10.6 Å². The predicted octanol–water partition coefficient (Wildman–Crippen LogP) is 4.78. The second-order valence-electron chi connectivity index (χ2n) is 5.48. The van der Waals surface area contributed by atoms with Gasteiger partial charge in [0.25, 0.3) is 0 Å². The molecule has 1 unspecified atom stereocenters. The topological polar surface area (TPSA) is 21.6 Å². The fourth-order valence-corrected chi connectivity index (χ4v) is 3.39. The summed E-state index contributed by atoms with van der Waals surface area (Å²) in [5, 5.41) is 3.77. The quantitative estimate of drug-likeness (QED) is 0.669. The Hall–Kier alpha value is -0.680. The van der Waals surface area contributed by atoms with Crippen molar-refractivity contribution in [2.75, 3.05) is 5.88 Å². The Morgan fingerprint density at radius 1 is 1.40 bits per heavy atom. The average Bonchev–Trinajstić information content (AvgIpc) is 2.71. The SMILES string of the molecule is CC1=NOC(C(F)(F)F)([C@@]2(C)C=C(Cl)C=C(CCl)C2)C1. The van der Waals surface area contributed by atoms with Crippen LogP contribution in [0.5, 0.6) is 0 Å². The molecule has 0 aromatic heterocycles. The summed E-state index contributed by atoms with van der Waals surface area (Å²) in [5.41, 5.74) is -2.77. The van der Waals surface area contributed by atoms with E-state index in [1.54, 1.807) is 6.08 Å². The highest BCUT2D eigenvalue weighted by Crippen LogP contribution is 2.56. The van der Waals surface area contributed by atoms with E-state index in [0.717, 1.165) is 0 Å². The van der Waals surface area contributed by atoms with Crippen LogP contribution in [0.3, 0.4) is 0 Å². The van der Waals surface area contributed by atoms with Gasteiger partial charge in [-0.2, -0.15) is 13.2 Å². The number of hydrogen-bond donors (Lipinski definition) is 0. The average molecular weight is 328 g/mol. The van der Waals surface area contributed by atoms with E-state index in [-0.39, 0.29) is 23.8 Å². The third-order valence-corrected chi connectivity index (χ3v) is 4.37. The van der Waals surface area contributed by atoms with Crippen LogP contribution in [0.1, 0.15) is 26.7 Å². The van der Waals surface area contributed by atoms with Crippen molar-refractivity contribution in [3.63, 3.8) is 0 Å². The number of hydrogen-bond acceptors (Lipinski definition) is 2. The zero-order valence-electron chi connectivity index (χ0n) is 11.0. The van der Waals surface area contributed by atoms with E-state index in [0.29, 0.717) is 11.3 Å². The Morgan fingerprint density at radius 2 is 2.05 bits per heavy atom. The molecule has 1 aliphatic carbocycles. The van der Waals surface area contributed by atoms with E-state index < -0.39 is 17.2 Å². The number of rotatable bonds is 2. The molecule has 0 N–H and O–H groups in total. The summed E-state index contributed by atoms with van der Waals surface area (Å²) in [6.07, 6.45) is -1.74. The highest BCUT2D eigenvalue weighted by molar-refractivity contribution is 6.31. The van der Waals surface area contributed by atoms with E-state index in [4.69, 9.17) is 28.0 Å². The fourth-order valence-electron chi connectivity index (χ4n) is 2.82. The first-order valence-corrected chi connectivity index (χ1v) is 6.97. The molecule has 0 amide bonds. The van der Waals surface area contributed by atoms with Crippen molar-refractivity contribution in [3.05, 3.63) is 22.8 Å². The third kappa shape index (κ3) is 2.35. The Kier molecular flexibility index (Phi) is 3.89. The maximum Gasteiger partial charge on any atom is 0.432 e. The lowest BCUT2D eigenvalue weighted by Gasteiger charge is -2.44. The molecule has 2 atom stereocenters. The van der Waals surface area contributed by atoms with Crippen LogP contribution in [0, 0.1) is 5.41 Å². The lowest BCUT2D eigenvalue weighted by Crippen LogP contribution is -2.57. The largest absolute Gasteiger partial charge is 0.432 e. The van der Waals surface area contributed by atoms with Crippen LogP contribution in [0.15, 0.2) is 27.9 Å². The first-order valence-electron chi connectivity index (χ1n) is 6.06. The Morgan fingerprint density at radius 3 is 2.50 bits per heavy atom. The van der Waals surface area contributed by atoms with E-state index in [1.807, 2.05) is 0 Å². The normalized spacial score (nSPS) is 34.2. The zero-order valence-corrected chi connectivity index (χ0v) is 12.5. The van der Waals surface area contributed by atoms with Gasteiger partial charge in [0.1, 0.15) is 0 Å². The van der Waals surface area contributed by atoms with Gasteiger partial charge in [-0.1, -0.05) is 35.3 Å². The van der Waals surface area contributed by atoms with Crippen molar-refractivity contribution in [2.45, 2.75) is 38.5 Å². The summed E-state index contributed by atoms with van der Waals surface area (Å²) in [4.78, 5) is 4.89. The summed E-state index contributed by atoms with van der Waals surface area (Å²) in [6, 6.07) is 0. The predicted molar refractivity (Wildman–Crippen MR) is 73.1 cm³/mol. The molecule has 20 heavy (non-hydrogen) atoms. The van der Waals surface area contributed by atoms with E-state index in [1.165, 1.54) is 19.9 Å². The maximum atomic E-state index is 13.7. The lowest BCUT2D eigenvalue weighted by molar-refractivity contribution is -0.300.